The molecule has 100 valence electrons. The van der Waals surface area contributed by atoms with Gasteiger partial charge in [0, 0.05) is 31.5 Å². The Kier molecular flexibility index (Phi) is 5.02. The summed E-state index contributed by atoms with van der Waals surface area (Å²) < 4.78 is 10.7. The Morgan fingerprint density at radius 2 is 1.72 bits per heavy atom. The molecule has 0 aliphatic heterocycles. The first-order valence-electron chi connectivity index (χ1n) is 6.76. The summed E-state index contributed by atoms with van der Waals surface area (Å²) in [5.74, 6) is 0. The normalized spacial score (nSPS) is 17.1. The molecule has 2 rings (SSSR count). The van der Waals surface area contributed by atoms with E-state index in [1.165, 1.54) is 32.1 Å². The average Bonchev–Trinajstić information content (AvgIpc) is 2.43. The molecule has 0 saturated heterocycles. The number of benzene rings is 1. The average molecular weight is 249 g/mol. The molecular formula is C15H23NO2. The second kappa shape index (κ2) is 6.76. The van der Waals surface area contributed by atoms with Crippen LogP contribution in [-0.2, 0) is 9.47 Å². The lowest BCUT2D eigenvalue weighted by Crippen LogP contribution is -2.23. The maximum Gasteiger partial charge on any atom is 0.185 e. The zero-order chi connectivity index (χ0) is 12.8. The lowest BCUT2D eigenvalue weighted by molar-refractivity contribution is -0.105. The number of para-hydroxylation sites is 1. The fraction of sp³-hybridized carbons (Fsp3) is 0.600. The minimum Gasteiger partial charge on any atom is -0.382 e. The van der Waals surface area contributed by atoms with Gasteiger partial charge in [-0.1, -0.05) is 37.5 Å². The standard InChI is InChI=1S/C15H23NO2/c1-17-15(18-2)13-10-6-7-11-14(13)16-12-8-4-3-5-9-12/h6-7,10-12,15-16H,3-5,8-9H2,1-2H3. The highest BCUT2D eigenvalue weighted by molar-refractivity contribution is 5.52. The van der Waals surface area contributed by atoms with Crippen molar-refractivity contribution in [1.82, 2.24) is 0 Å². The highest BCUT2D eigenvalue weighted by Gasteiger charge is 2.17. The molecule has 0 unspecified atom stereocenters. The van der Waals surface area contributed by atoms with E-state index in [1.54, 1.807) is 14.2 Å². The Morgan fingerprint density at radius 1 is 1.06 bits per heavy atom. The van der Waals surface area contributed by atoms with Crippen molar-refractivity contribution < 1.29 is 9.47 Å². The molecule has 18 heavy (non-hydrogen) atoms. The molecule has 1 fully saturated rings. The molecule has 1 aliphatic carbocycles. The van der Waals surface area contributed by atoms with Crippen LogP contribution in [0.3, 0.4) is 0 Å². The Balaban J connectivity index is 2.10. The molecule has 0 spiro atoms. The van der Waals surface area contributed by atoms with Crippen LogP contribution in [0.4, 0.5) is 5.69 Å². The molecule has 1 aromatic rings. The summed E-state index contributed by atoms with van der Waals surface area (Å²) in [7, 11) is 3.34. The van der Waals surface area contributed by atoms with Crippen molar-refractivity contribution in [3.8, 4) is 0 Å². The Hall–Kier alpha value is -1.06. The van der Waals surface area contributed by atoms with Gasteiger partial charge in [0.2, 0.25) is 0 Å². The number of methoxy groups -OCH3 is 2. The number of ether oxygens (including phenoxy) is 2. The van der Waals surface area contributed by atoms with Gasteiger partial charge in [0.1, 0.15) is 0 Å². The van der Waals surface area contributed by atoms with Crippen molar-refractivity contribution in [2.75, 3.05) is 19.5 Å². The highest BCUT2D eigenvalue weighted by Crippen LogP contribution is 2.28. The van der Waals surface area contributed by atoms with Crippen LogP contribution in [0, 0.1) is 0 Å². The van der Waals surface area contributed by atoms with Gasteiger partial charge in [0.05, 0.1) is 0 Å². The fourth-order valence-electron chi connectivity index (χ4n) is 2.65. The predicted octanol–water partition coefficient (Wildman–Crippen LogP) is 3.72. The third-order valence-electron chi connectivity index (χ3n) is 3.61. The number of hydrogen-bond acceptors (Lipinski definition) is 3. The molecule has 1 aromatic carbocycles. The fourth-order valence-corrected chi connectivity index (χ4v) is 2.65. The van der Waals surface area contributed by atoms with Gasteiger partial charge in [-0.15, -0.1) is 0 Å². The van der Waals surface area contributed by atoms with Gasteiger partial charge in [-0.25, -0.2) is 0 Å². The second-order valence-electron chi connectivity index (χ2n) is 4.87. The predicted molar refractivity (Wildman–Crippen MR) is 73.7 cm³/mol. The third kappa shape index (κ3) is 3.24. The van der Waals surface area contributed by atoms with Crippen molar-refractivity contribution in [2.45, 2.75) is 44.4 Å². The summed E-state index contributed by atoms with van der Waals surface area (Å²) in [6.45, 7) is 0. The van der Waals surface area contributed by atoms with Crippen LogP contribution in [0.15, 0.2) is 24.3 Å². The summed E-state index contributed by atoms with van der Waals surface area (Å²) >= 11 is 0. The number of anilines is 1. The lowest BCUT2D eigenvalue weighted by atomic mass is 9.95. The number of nitrogens with one attached hydrogen (secondary N) is 1. The van der Waals surface area contributed by atoms with Crippen LogP contribution >= 0.6 is 0 Å². The number of rotatable bonds is 5. The molecule has 3 nitrogen and oxygen atoms in total. The quantitative estimate of drug-likeness (QED) is 0.807. The second-order valence-corrected chi connectivity index (χ2v) is 4.87. The molecule has 3 heteroatoms. The largest absolute Gasteiger partial charge is 0.382 e. The lowest BCUT2D eigenvalue weighted by Gasteiger charge is -2.26. The monoisotopic (exact) mass is 249 g/mol. The van der Waals surface area contributed by atoms with Crippen molar-refractivity contribution in [2.24, 2.45) is 0 Å². The zero-order valence-electron chi connectivity index (χ0n) is 11.3. The minimum atomic E-state index is -0.294. The van der Waals surface area contributed by atoms with E-state index in [-0.39, 0.29) is 6.29 Å². The van der Waals surface area contributed by atoms with E-state index < -0.39 is 0 Å². The van der Waals surface area contributed by atoms with Gasteiger partial charge >= 0.3 is 0 Å². The van der Waals surface area contributed by atoms with Crippen LogP contribution in [0.1, 0.15) is 44.0 Å². The summed E-state index contributed by atoms with van der Waals surface area (Å²) in [6.07, 6.45) is 6.27. The maximum absolute atomic E-state index is 5.35. The van der Waals surface area contributed by atoms with E-state index in [0.717, 1.165) is 11.3 Å². The van der Waals surface area contributed by atoms with Crippen molar-refractivity contribution in [3.05, 3.63) is 29.8 Å². The highest BCUT2D eigenvalue weighted by atomic mass is 16.7. The first kappa shape index (κ1) is 13.4. The number of hydrogen-bond donors (Lipinski definition) is 1. The third-order valence-corrected chi connectivity index (χ3v) is 3.61. The zero-order valence-corrected chi connectivity index (χ0v) is 11.3. The van der Waals surface area contributed by atoms with Gasteiger partial charge in [-0.3, -0.25) is 0 Å². The van der Waals surface area contributed by atoms with Crippen LogP contribution in [0.5, 0.6) is 0 Å². The Bertz CT molecular complexity index is 357. The summed E-state index contributed by atoms with van der Waals surface area (Å²) in [4.78, 5) is 0. The van der Waals surface area contributed by atoms with Crippen molar-refractivity contribution in [1.29, 1.82) is 0 Å². The van der Waals surface area contributed by atoms with Crippen LogP contribution < -0.4 is 5.32 Å². The van der Waals surface area contributed by atoms with E-state index in [0.29, 0.717) is 6.04 Å². The van der Waals surface area contributed by atoms with Crippen molar-refractivity contribution >= 4 is 5.69 Å². The Morgan fingerprint density at radius 3 is 2.39 bits per heavy atom. The molecule has 0 atom stereocenters. The SMILES string of the molecule is COC(OC)c1ccccc1NC1CCCCC1. The maximum atomic E-state index is 5.35. The smallest absolute Gasteiger partial charge is 0.185 e. The molecule has 0 amide bonds. The molecule has 1 N–H and O–H groups in total. The first-order valence-corrected chi connectivity index (χ1v) is 6.76. The molecular weight excluding hydrogens is 226 g/mol. The molecule has 0 radical (unpaired) electrons. The summed E-state index contributed by atoms with van der Waals surface area (Å²) in [5, 5.41) is 3.64. The topological polar surface area (TPSA) is 30.5 Å². The van der Waals surface area contributed by atoms with E-state index in [4.69, 9.17) is 9.47 Å². The molecule has 0 bridgehead atoms. The Labute approximate surface area is 109 Å². The molecule has 1 aliphatic rings. The molecule has 0 aromatic heterocycles. The van der Waals surface area contributed by atoms with E-state index in [1.807, 2.05) is 6.07 Å². The molecule has 0 heterocycles. The van der Waals surface area contributed by atoms with Gasteiger partial charge in [0.15, 0.2) is 6.29 Å². The van der Waals surface area contributed by atoms with Crippen LogP contribution in [0.25, 0.3) is 0 Å². The summed E-state index contributed by atoms with van der Waals surface area (Å²) in [5.41, 5.74) is 2.21. The molecule has 1 saturated carbocycles. The van der Waals surface area contributed by atoms with Crippen LogP contribution in [0.2, 0.25) is 0 Å². The van der Waals surface area contributed by atoms with Gasteiger partial charge in [0.25, 0.3) is 0 Å². The van der Waals surface area contributed by atoms with E-state index in [9.17, 15) is 0 Å². The first-order chi connectivity index (χ1) is 8.85. The van der Waals surface area contributed by atoms with E-state index >= 15 is 0 Å². The van der Waals surface area contributed by atoms with Gasteiger partial charge < -0.3 is 14.8 Å². The van der Waals surface area contributed by atoms with Gasteiger partial charge in [-0.05, 0) is 18.9 Å². The van der Waals surface area contributed by atoms with Gasteiger partial charge in [-0.2, -0.15) is 0 Å². The van der Waals surface area contributed by atoms with E-state index in [2.05, 4.69) is 23.5 Å². The minimum absolute atomic E-state index is 0.294. The van der Waals surface area contributed by atoms with Crippen LogP contribution in [-0.4, -0.2) is 20.3 Å². The van der Waals surface area contributed by atoms with Crippen molar-refractivity contribution in [3.63, 3.8) is 0 Å². The summed E-state index contributed by atoms with van der Waals surface area (Å²) in [6, 6.07) is 8.83.